The first-order chi connectivity index (χ1) is 8.19. The number of nitrogens with one attached hydrogen (secondary N) is 1. The zero-order valence-electron chi connectivity index (χ0n) is 9.74. The van der Waals surface area contributed by atoms with Crippen LogP contribution in [0.5, 0.6) is 0 Å². The number of halogens is 1. The summed E-state index contributed by atoms with van der Waals surface area (Å²) < 4.78 is 14.2. The highest BCUT2D eigenvalue weighted by molar-refractivity contribution is 7.17. The molecule has 2 nitrogen and oxygen atoms in total. The number of thiophene rings is 1. The lowest BCUT2D eigenvalue weighted by Gasteiger charge is -2.25. The lowest BCUT2D eigenvalue weighted by atomic mass is 9.94. The van der Waals surface area contributed by atoms with Gasteiger partial charge in [0.2, 0.25) is 0 Å². The summed E-state index contributed by atoms with van der Waals surface area (Å²) >= 11 is 1.60. The van der Waals surface area contributed by atoms with E-state index in [4.69, 9.17) is 0 Å². The largest absolute Gasteiger partial charge is 0.381 e. The fourth-order valence-electron chi connectivity index (χ4n) is 1.80. The lowest BCUT2D eigenvalue weighted by molar-refractivity contribution is 0.0123. The predicted octanol–water partition coefficient (Wildman–Crippen LogP) is 2.67. The molecule has 1 aromatic heterocycles. The van der Waals surface area contributed by atoms with Crippen LogP contribution in [-0.2, 0) is 5.60 Å². The van der Waals surface area contributed by atoms with Gasteiger partial charge in [-0.25, -0.2) is 4.39 Å². The van der Waals surface area contributed by atoms with E-state index >= 15 is 0 Å². The number of likely N-dealkylation sites (N-methyl/N-ethyl adjacent to an activating group) is 1. The maximum absolute atomic E-state index is 13.1. The molecule has 2 rings (SSSR count). The van der Waals surface area contributed by atoms with Crippen molar-refractivity contribution in [2.75, 3.05) is 19.8 Å². The molecule has 0 aliphatic rings. The average Bonchev–Trinajstić information content (AvgIpc) is 2.83. The van der Waals surface area contributed by atoms with Crippen LogP contribution in [0.4, 0.5) is 4.39 Å². The molecule has 1 heterocycles. The summed E-state index contributed by atoms with van der Waals surface area (Å²) in [6.07, 6.45) is 0. The smallest absolute Gasteiger partial charge is 0.130 e. The molecular weight excluding hydrogens is 237 g/mol. The van der Waals surface area contributed by atoms with E-state index in [1.54, 1.807) is 17.4 Å². The van der Waals surface area contributed by atoms with Gasteiger partial charge in [0.1, 0.15) is 12.3 Å². The summed E-state index contributed by atoms with van der Waals surface area (Å²) in [6.45, 7) is 2.10. The van der Waals surface area contributed by atoms with Gasteiger partial charge in [0.05, 0.1) is 0 Å². The fraction of sp³-hybridized carbons (Fsp3) is 0.385. The van der Waals surface area contributed by atoms with E-state index in [0.29, 0.717) is 12.1 Å². The van der Waals surface area contributed by atoms with Crippen molar-refractivity contribution in [3.05, 3.63) is 35.2 Å². The van der Waals surface area contributed by atoms with E-state index in [-0.39, 0.29) is 6.54 Å². The van der Waals surface area contributed by atoms with Crippen LogP contribution in [0.2, 0.25) is 0 Å². The van der Waals surface area contributed by atoms with Crippen molar-refractivity contribution in [2.45, 2.75) is 12.5 Å². The third-order valence-electron chi connectivity index (χ3n) is 2.88. The molecule has 0 radical (unpaired) electrons. The summed E-state index contributed by atoms with van der Waals surface area (Å²) in [7, 11) is 0. The minimum absolute atomic E-state index is 0.233. The summed E-state index contributed by atoms with van der Waals surface area (Å²) in [4.78, 5) is 0. The molecule has 0 spiro atoms. The molecule has 0 fully saturated rings. The Balaban J connectivity index is 2.34. The number of aliphatic hydroxyl groups is 1. The topological polar surface area (TPSA) is 32.3 Å². The third-order valence-corrected chi connectivity index (χ3v) is 3.76. The highest BCUT2D eigenvalue weighted by Crippen LogP contribution is 2.28. The molecule has 0 aliphatic carbocycles. The molecular formula is C13H16FNOS. The van der Waals surface area contributed by atoms with Gasteiger partial charge in [-0.15, -0.1) is 11.3 Å². The monoisotopic (exact) mass is 253 g/mol. The molecule has 1 aromatic carbocycles. The molecule has 0 saturated heterocycles. The quantitative estimate of drug-likeness (QED) is 0.858. The van der Waals surface area contributed by atoms with E-state index in [0.717, 1.165) is 10.1 Å². The Bertz CT molecular complexity index is 499. The first kappa shape index (κ1) is 12.5. The summed E-state index contributed by atoms with van der Waals surface area (Å²) in [6, 6.07) is 7.61. The second kappa shape index (κ2) is 5.12. The Kier molecular flexibility index (Phi) is 3.76. The van der Waals surface area contributed by atoms with Crippen molar-refractivity contribution in [2.24, 2.45) is 0 Å². The first-order valence-corrected chi connectivity index (χ1v) is 6.54. The van der Waals surface area contributed by atoms with Crippen LogP contribution in [-0.4, -0.2) is 24.9 Å². The number of benzene rings is 1. The molecule has 0 saturated carbocycles. The van der Waals surface area contributed by atoms with Crippen LogP contribution in [0.25, 0.3) is 10.1 Å². The molecule has 92 valence electrons. The van der Waals surface area contributed by atoms with E-state index in [2.05, 4.69) is 5.32 Å². The van der Waals surface area contributed by atoms with E-state index in [1.165, 1.54) is 0 Å². The minimum Gasteiger partial charge on any atom is -0.381 e. The van der Waals surface area contributed by atoms with E-state index in [9.17, 15) is 9.50 Å². The number of alkyl halides is 1. The van der Waals surface area contributed by atoms with Gasteiger partial charge in [0.15, 0.2) is 0 Å². The van der Waals surface area contributed by atoms with Crippen molar-refractivity contribution >= 4 is 21.4 Å². The molecule has 0 amide bonds. The number of hydrogen-bond acceptors (Lipinski definition) is 3. The average molecular weight is 253 g/mol. The van der Waals surface area contributed by atoms with Gasteiger partial charge in [0.25, 0.3) is 0 Å². The highest BCUT2D eigenvalue weighted by Gasteiger charge is 2.29. The molecule has 2 aromatic rings. The molecule has 1 unspecified atom stereocenters. The predicted molar refractivity (Wildman–Crippen MR) is 70.2 cm³/mol. The second-order valence-electron chi connectivity index (χ2n) is 4.12. The van der Waals surface area contributed by atoms with Crippen molar-refractivity contribution in [1.29, 1.82) is 0 Å². The third kappa shape index (κ3) is 2.49. The van der Waals surface area contributed by atoms with Gasteiger partial charge in [-0.05, 0) is 35.0 Å². The normalized spacial score (nSPS) is 15.0. The number of fused-ring (bicyclic) bond motifs is 1. The molecule has 1 atom stereocenters. The van der Waals surface area contributed by atoms with Crippen LogP contribution in [0.15, 0.2) is 29.6 Å². The zero-order chi connectivity index (χ0) is 12.3. The van der Waals surface area contributed by atoms with Gasteiger partial charge < -0.3 is 10.4 Å². The second-order valence-corrected chi connectivity index (χ2v) is 5.07. The van der Waals surface area contributed by atoms with Crippen LogP contribution in [0.3, 0.4) is 0 Å². The van der Waals surface area contributed by atoms with Gasteiger partial charge in [0, 0.05) is 11.2 Å². The van der Waals surface area contributed by atoms with Gasteiger partial charge in [-0.1, -0.05) is 19.1 Å². The van der Waals surface area contributed by atoms with Crippen LogP contribution in [0.1, 0.15) is 12.5 Å². The molecule has 2 N–H and O–H groups in total. The lowest BCUT2D eigenvalue weighted by Crippen LogP contribution is -2.40. The Morgan fingerprint density at radius 3 is 2.94 bits per heavy atom. The van der Waals surface area contributed by atoms with E-state index in [1.807, 2.05) is 30.5 Å². The standard InChI is InChI=1S/C13H16FNOS/c1-2-15-9-13(16,8-14)11-4-3-10-5-6-17-12(10)7-11/h3-7,15-16H,2,8-9H2,1H3. The van der Waals surface area contributed by atoms with Crippen LogP contribution >= 0.6 is 11.3 Å². The Morgan fingerprint density at radius 1 is 1.41 bits per heavy atom. The van der Waals surface area contributed by atoms with Gasteiger partial charge >= 0.3 is 0 Å². The number of rotatable bonds is 5. The SMILES string of the molecule is CCNCC(O)(CF)c1ccc2ccsc2c1. The molecule has 17 heavy (non-hydrogen) atoms. The Morgan fingerprint density at radius 2 is 2.24 bits per heavy atom. The van der Waals surface area contributed by atoms with Crippen molar-refractivity contribution in [3.8, 4) is 0 Å². The van der Waals surface area contributed by atoms with Crippen LogP contribution < -0.4 is 5.32 Å². The fourth-order valence-corrected chi connectivity index (χ4v) is 2.63. The number of hydrogen-bond donors (Lipinski definition) is 2. The van der Waals surface area contributed by atoms with Gasteiger partial charge in [-0.3, -0.25) is 0 Å². The van der Waals surface area contributed by atoms with Gasteiger partial charge in [-0.2, -0.15) is 0 Å². The molecule has 0 aliphatic heterocycles. The zero-order valence-corrected chi connectivity index (χ0v) is 10.6. The van der Waals surface area contributed by atoms with Crippen molar-refractivity contribution in [3.63, 3.8) is 0 Å². The minimum atomic E-state index is -1.42. The maximum Gasteiger partial charge on any atom is 0.130 e. The Hall–Kier alpha value is -0.970. The summed E-state index contributed by atoms with van der Waals surface area (Å²) in [5.41, 5.74) is -0.787. The van der Waals surface area contributed by atoms with Crippen molar-refractivity contribution in [1.82, 2.24) is 5.32 Å². The summed E-state index contributed by atoms with van der Waals surface area (Å²) in [5.74, 6) is 0. The summed E-state index contributed by atoms with van der Waals surface area (Å²) in [5, 5.41) is 16.4. The van der Waals surface area contributed by atoms with E-state index < -0.39 is 12.3 Å². The van der Waals surface area contributed by atoms with Crippen LogP contribution in [0, 0.1) is 0 Å². The maximum atomic E-state index is 13.1. The molecule has 4 heteroatoms. The molecule has 0 bridgehead atoms. The van der Waals surface area contributed by atoms with Crippen molar-refractivity contribution < 1.29 is 9.50 Å². The Labute approximate surface area is 104 Å². The highest BCUT2D eigenvalue weighted by atomic mass is 32.1. The first-order valence-electron chi connectivity index (χ1n) is 5.66.